The molecule has 2 heterocycles. The molecule has 3 aromatic carbocycles. The Bertz CT molecular complexity index is 1310. The van der Waals surface area contributed by atoms with Crippen molar-refractivity contribution in [2.45, 2.75) is 19.4 Å². The third kappa shape index (κ3) is 3.99. The minimum atomic E-state index is -0.226. The zero-order valence-corrected chi connectivity index (χ0v) is 17.7. The van der Waals surface area contributed by atoms with Gasteiger partial charge >= 0.3 is 0 Å². The van der Waals surface area contributed by atoms with Crippen LogP contribution in [-0.2, 0) is 6.54 Å². The number of nitrogens with zero attached hydrogens (tertiary/aromatic N) is 3. The first-order valence-corrected chi connectivity index (χ1v) is 10.9. The Balaban J connectivity index is 1.56. The zero-order valence-electron chi connectivity index (χ0n) is 17.7. The molecule has 1 saturated heterocycles. The Kier molecular flexibility index (Phi) is 5.42. The molecule has 32 heavy (non-hydrogen) atoms. The number of hydrogen-bond acceptors (Lipinski definition) is 4. The van der Waals surface area contributed by atoms with Gasteiger partial charge in [0, 0.05) is 24.3 Å². The van der Waals surface area contributed by atoms with E-state index >= 15 is 0 Å². The summed E-state index contributed by atoms with van der Waals surface area (Å²) in [6, 6.07) is 24.4. The molecule has 1 N–H and O–H groups in total. The molecule has 6 heteroatoms. The van der Waals surface area contributed by atoms with Gasteiger partial charge in [-0.05, 0) is 48.7 Å². The van der Waals surface area contributed by atoms with E-state index in [0.29, 0.717) is 29.0 Å². The molecular weight excluding hydrogens is 400 g/mol. The van der Waals surface area contributed by atoms with Crippen LogP contribution in [-0.4, -0.2) is 28.5 Å². The van der Waals surface area contributed by atoms with Gasteiger partial charge in [0.25, 0.3) is 11.5 Å². The van der Waals surface area contributed by atoms with E-state index in [9.17, 15) is 9.59 Å². The van der Waals surface area contributed by atoms with Gasteiger partial charge in [-0.25, -0.2) is 4.98 Å². The van der Waals surface area contributed by atoms with E-state index < -0.39 is 0 Å². The second-order valence-electron chi connectivity index (χ2n) is 8.03. The number of benzene rings is 3. The Labute approximate surface area is 186 Å². The maximum absolute atomic E-state index is 13.5. The minimum absolute atomic E-state index is 0.0872. The molecule has 0 spiro atoms. The van der Waals surface area contributed by atoms with Crippen LogP contribution in [0.25, 0.3) is 10.9 Å². The second kappa shape index (κ2) is 8.67. The molecule has 0 bridgehead atoms. The van der Waals surface area contributed by atoms with Gasteiger partial charge in [0.2, 0.25) is 5.95 Å². The number of carbonyl (C=O) groups is 1. The molecule has 0 radical (unpaired) electrons. The molecule has 4 aromatic rings. The molecular formula is C26H24N4O2. The predicted molar refractivity (Wildman–Crippen MR) is 127 cm³/mol. The van der Waals surface area contributed by atoms with Crippen LogP contribution in [0.15, 0.2) is 83.7 Å². The van der Waals surface area contributed by atoms with Crippen LogP contribution < -0.4 is 15.8 Å². The summed E-state index contributed by atoms with van der Waals surface area (Å²) in [5, 5.41) is 3.40. The number of hydrogen-bond donors (Lipinski definition) is 1. The lowest BCUT2D eigenvalue weighted by Gasteiger charge is -2.22. The first-order chi connectivity index (χ1) is 15.7. The van der Waals surface area contributed by atoms with Crippen molar-refractivity contribution in [3.8, 4) is 0 Å². The average molecular weight is 425 g/mol. The van der Waals surface area contributed by atoms with Gasteiger partial charge in [0.1, 0.15) is 0 Å². The molecule has 0 unspecified atom stereocenters. The highest BCUT2D eigenvalue weighted by Crippen LogP contribution is 2.22. The van der Waals surface area contributed by atoms with Gasteiger partial charge in [0.15, 0.2) is 0 Å². The standard InChI is InChI=1S/C26H24N4O2/c31-24(27-21-11-5-2-6-12-21)20-13-14-22-23(17-20)28-26(29-15-7-8-16-29)30(25(22)32)18-19-9-3-1-4-10-19/h1-6,9-14,17H,7-8,15-16,18H2,(H,27,31). The summed E-state index contributed by atoms with van der Waals surface area (Å²) in [6.07, 6.45) is 2.16. The minimum Gasteiger partial charge on any atom is -0.342 e. The molecule has 0 atom stereocenters. The molecule has 160 valence electrons. The number of fused-ring (bicyclic) bond motifs is 1. The third-order valence-corrected chi connectivity index (χ3v) is 5.80. The highest BCUT2D eigenvalue weighted by atomic mass is 16.1. The van der Waals surface area contributed by atoms with E-state index in [1.165, 1.54) is 0 Å². The topological polar surface area (TPSA) is 67.2 Å². The highest BCUT2D eigenvalue weighted by molar-refractivity contribution is 6.06. The fraction of sp³-hybridized carbons (Fsp3) is 0.192. The largest absolute Gasteiger partial charge is 0.342 e. The van der Waals surface area contributed by atoms with Crippen LogP contribution in [0.5, 0.6) is 0 Å². The first kappa shape index (κ1) is 20.0. The second-order valence-corrected chi connectivity index (χ2v) is 8.03. The van der Waals surface area contributed by atoms with Crippen molar-refractivity contribution >= 4 is 28.4 Å². The molecule has 1 aromatic heterocycles. The number of carbonyl (C=O) groups excluding carboxylic acids is 1. The van der Waals surface area contributed by atoms with Crippen LogP contribution in [0.4, 0.5) is 11.6 Å². The molecule has 5 rings (SSSR count). The summed E-state index contributed by atoms with van der Waals surface area (Å²) in [4.78, 5) is 33.3. The lowest BCUT2D eigenvalue weighted by molar-refractivity contribution is 0.102. The van der Waals surface area contributed by atoms with Crippen molar-refractivity contribution in [1.82, 2.24) is 9.55 Å². The molecule has 1 aliphatic rings. The van der Waals surface area contributed by atoms with Crippen molar-refractivity contribution < 1.29 is 4.79 Å². The number of para-hydroxylation sites is 1. The van der Waals surface area contributed by atoms with Gasteiger partial charge in [-0.2, -0.15) is 0 Å². The zero-order chi connectivity index (χ0) is 21.9. The normalized spacial score (nSPS) is 13.4. The monoisotopic (exact) mass is 424 g/mol. The lowest BCUT2D eigenvalue weighted by atomic mass is 10.1. The molecule has 6 nitrogen and oxygen atoms in total. The van der Waals surface area contributed by atoms with Crippen molar-refractivity contribution in [3.05, 3.63) is 100 Å². The number of aromatic nitrogens is 2. The van der Waals surface area contributed by atoms with Gasteiger partial charge in [-0.3, -0.25) is 14.2 Å². The summed E-state index contributed by atoms with van der Waals surface area (Å²) in [5.74, 6) is 0.445. The van der Waals surface area contributed by atoms with Crippen LogP contribution in [0.3, 0.4) is 0 Å². The molecule has 0 saturated carbocycles. The Morgan fingerprint density at radius 1 is 0.906 bits per heavy atom. The van der Waals surface area contributed by atoms with E-state index in [4.69, 9.17) is 4.98 Å². The summed E-state index contributed by atoms with van der Waals surface area (Å²) < 4.78 is 1.76. The molecule has 1 fully saturated rings. The Morgan fingerprint density at radius 3 is 2.31 bits per heavy atom. The number of rotatable bonds is 5. The maximum Gasteiger partial charge on any atom is 0.263 e. The number of amides is 1. The summed E-state index contributed by atoms with van der Waals surface area (Å²) in [7, 11) is 0. The van der Waals surface area contributed by atoms with E-state index in [1.807, 2.05) is 60.7 Å². The predicted octanol–water partition coefficient (Wildman–Crippen LogP) is 4.30. The fourth-order valence-electron chi connectivity index (χ4n) is 4.14. The van der Waals surface area contributed by atoms with E-state index in [-0.39, 0.29) is 11.5 Å². The highest BCUT2D eigenvalue weighted by Gasteiger charge is 2.21. The summed E-state index contributed by atoms with van der Waals surface area (Å²) in [6.45, 7) is 2.21. The molecule has 1 amide bonds. The van der Waals surface area contributed by atoms with Crippen LogP contribution >= 0.6 is 0 Å². The van der Waals surface area contributed by atoms with Crippen molar-refractivity contribution in [1.29, 1.82) is 0 Å². The Hall–Kier alpha value is -3.93. The van der Waals surface area contributed by atoms with Gasteiger partial charge in [-0.1, -0.05) is 48.5 Å². The van der Waals surface area contributed by atoms with Gasteiger partial charge in [-0.15, -0.1) is 0 Å². The molecule has 1 aliphatic heterocycles. The van der Waals surface area contributed by atoms with E-state index in [1.54, 1.807) is 22.8 Å². The van der Waals surface area contributed by atoms with Crippen LogP contribution in [0, 0.1) is 0 Å². The summed E-state index contributed by atoms with van der Waals surface area (Å²) >= 11 is 0. The smallest absolute Gasteiger partial charge is 0.263 e. The lowest BCUT2D eigenvalue weighted by Crippen LogP contribution is -2.31. The van der Waals surface area contributed by atoms with Crippen LogP contribution in [0.2, 0.25) is 0 Å². The van der Waals surface area contributed by atoms with Gasteiger partial charge < -0.3 is 10.2 Å². The molecule has 0 aliphatic carbocycles. The van der Waals surface area contributed by atoms with Crippen molar-refractivity contribution in [2.24, 2.45) is 0 Å². The third-order valence-electron chi connectivity index (χ3n) is 5.80. The average Bonchev–Trinajstić information content (AvgIpc) is 3.36. The maximum atomic E-state index is 13.5. The fourth-order valence-corrected chi connectivity index (χ4v) is 4.14. The SMILES string of the molecule is O=C(Nc1ccccc1)c1ccc2c(=O)n(Cc3ccccc3)c(N3CCCC3)nc2c1. The van der Waals surface area contributed by atoms with Crippen LogP contribution in [0.1, 0.15) is 28.8 Å². The van der Waals surface area contributed by atoms with Crippen molar-refractivity contribution in [3.63, 3.8) is 0 Å². The van der Waals surface area contributed by atoms with E-state index in [2.05, 4.69) is 10.2 Å². The summed E-state index contributed by atoms with van der Waals surface area (Å²) in [5.41, 5.74) is 2.70. The quantitative estimate of drug-likeness (QED) is 0.519. The Morgan fingerprint density at radius 2 is 1.59 bits per heavy atom. The van der Waals surface area contributed by atoms with Gasteiger partial charge in [0.05, 0.1) is 17.4 Å². The number of anilines is 2. The number of nitrogens with one attached hydrogen (secondary N) is 1. The van der Waals surface area contributed by atoms with Crippen molar-refractivity contribution in [2.75, 3.05) is 23.3 Å². The van der Waals surface area contributed by atoms with E-state index in [0.717, 1.165) is 37.2 Å². The first-order valence-electron chi connectivity index (χ1n) is 10.9.